The highest BCUT2D eigenvalue weighted by atomic mass is 32.2. The van der Waals surface area contributed by atoms with Crippen molar-refractivity contribution in [2.45, 2.75) is 33.7 Å². The molecular formula is C30H25F2N3O6S2. The average molecular weight is 626 g/mol. The van der Waals surface area contributed by atoms with E-state index in [2.05, 4.69) is 5.32 Å². The fraction of sp³-hybridized carbons (Fsp3) is 0.167. The minimum Gasteiger partial charge on any atom is -0.364 e. The van der Waals surface area contributed by atoms with Crippen LogP contribution in [-0.2, 0) is 27.7 Å². The van der Waals surface area contributed by atoms with Gasteiger partial charge in [-0.1, -0.05) is 42.1 Å². The zero-order valence-electron chi connectivity index (χ0n) is 22.7. The number of nitro benzene ring substituents is 1. The van der Waals surface area contributed by atoms with E-state index in [1.54, 1.807) is 42.5 Å². The highest BCUT2D eigenvalue weighted by molar-refractivity contribution is 7.99. The lowest BCUT2D eigenvalue weighted by molar-refractivity contribution is -0.384. The van der Waals surface area contributed by atoms with E-state index in [-0.39, 0.29) is 29.6 Å². The summed E-state index contributed by atoms with van der Waals surface area (Å²) in [6.07, 6.45) is 0.113. The Morgan fingerprint density at radius 3 is 2.40 bits per heavy atom. The number of hydrogen-bond donors (Lipinski definition) is 1. The summed E-state index contributed by atoms with van der Waals surface area (Å²) in [4.78, 5) is 24.3. The number of non-ortho nitro benzene ring substituents is 1. The molecule has 0 spiro atoms. The first-order valence-electron chi connectivity index (χ1n) is 13.0. The number of nitrogens with one attached hydrogen (secondary N) is 1. The van der Waals surface area contributed by atoms with Crippen LogP contribution in [0.25, 0.3) is 0 Å². The van der Waals surface area contributed by atoms with E-state index in [1.165, 1.54) is 24.9 Å². The smallest absolute Gasteiger partial charge is 0.269 e. The Morgan fingerprint density at radius 1 is 1.02 bits per heavy atom. The molecule has 0 saturated heterocycles. The monoisotopic (exact) mass is 625 g/mol. The molecule has 0 saturated carbocycles. The van der Waals surface area contributed by atoms with Crippen LogP contribution in [0.3, 0.4) is 0 Å². The summed E-state index contributed by atoms with van der Waals surface area (Å²) >= 11 is 1.35. The van der Waals surface area contributed by atoms with Gasteiger partial charge in [-0.3, -0.25) is 14.9 Å². The molecule has 1 heterocycles. The van der Waals surface area contributed by atoms with E-state index in [1.807, 2.05) is 0 Å². The van der Waals surface area contributed by atoms with Crippen molar-refractivity contribution in [2.75, 3.05) is 13.8 Å². The van der Waals surface area contributed by atoms with E-state index in [0.29, 0.717) is 26.5 Å². The number of nitro groups is 1. The molecule has 0 aromatic heterocycles. The molecule has 0 bridgehead atoms. The Labute approximate surface area is 250 Å². The lowest BCUT2D eigenvalue weighted by Crippen LogP contribution is -2.36. The maximum absolute atomic E-state index is 14.9. The van der Waals surface area contributed by atoms with Crippen LogP contribution in [0.15, 0.2) is 99.6 Å². The first kappa shape index (κ1) is 30.3. The van der Waals surface area contributed by atoms with Gasteiger partial charge in [0.2, 0.25) is 10.0 Å². The maximum atomic E-state index is 14.9. The quantitative estimate of drug-likeness (QED) is 0.141. The largest absolute Gasteiger partial charge is 0.364 e. The topological polar surface area (TPSA) is 119 Å². The van der Waals surface area contributed by atoms with Crippen molar-refractivity contribution in [1.29, 1.82) is 0 Å². The summed E-state index contributed by atoms with van der Waals surface area (Å²) in [5.74, 6) is -2.17. The molecule has 1 aliphatic heterocycles. The number of methoxy groups -OCH3 is 1. The van der Waals surface area contributed by atoms with Gasteiger partial charge in [0, 0.05) is 46.7 Å². The Hall–Kier alpha value is -4.17. The SMILES string of the molecule is COCNC(=O)c1ccc2c(c1)Sc1ccccc1C(N(Cc1c(F)cccc1F)S(=O)(=O)c1ccc([N+](=O)[O-])cc1)C2. The van der Waals surface area contributed by atoms with Crippen LogP contribution in [0.5, 0.6) is 0 Å². The average Bonchev–Trinajstić information content (AvgIpc) is 3.16. The van der Waals surface area contributed by atoms with Crippen molar-refractivity contribution >= 4 is 33.4 Å². The van der Waals surface area contributed by atoms with Gasteiger partial charge >= 0.3 is 0 Å². The molecule has 0 fully saturated rings. The first-order valence-corrected chi connectivity index (χ1v) is 15.2. The molecule has 1 unspecified atom stereocenters. The molecule has 0 radical (unpaired) electrons. The maximum Gasteiger partial charge on any atom is 0.269 e. The minimum atomic E-state index is -4.48. The van der Waals surface area contributed by atoms with E-state index in [4.69, 9.17) is 4.74 Å². The molecule has 1 N–H and O–H groups in total. The Balaban J connectivity index is 1.65. The number of sulfonamides is 1. The van der Waals surface area contributed by atoms with Gasteiger partial charge in [0.25, 0.3) is 11.6 Å². The number of carbonyl (C=O) groups is 1. The summed E-state index contributed by atoms with van der Waals surface area (Å²) in [5, 5.41) is 13.8. The lowest BCUT2D eigenvalue weighted by Gasteiger charge is -2.32. The first-order chi connectivity index (χ1) is 20.6. The third kappa shape index (κ3) is 6.30. The number of hydrogen-bond acceptors (Lipinski definition) is 7. The molecule has 13 heteroatoms. The zero-order valence-corrected chi connectivity index (χ0v) is 24.3. The van der Waals surface area contributed by atoms with Gasteiger partial charge in [-0.15, -0.1) is 0 Å². The lowest BCUT2D eigenvalue weighted by atomic mass is 9.97. The number of benzene rings is 4. The second-order valence-electron chi connectivity index (χ2n) is 9.62. The third-order valence-electron chi connectivity index (χ3n) is 6.99. The second-order valence-corrected chi connectivity index (χ2v) is 12.6. The number of rotatable bonds is 9. The summed E-state index contributed by atoms with van der Waals surface area (Å²) in [6, 6.07) is 18.8. The number of carbonyl (C=O) groups excluding carboxylic acids is 1. The molecule has 1 aliphatic rings. The summed E-state index contributed by atoms with van der Waals surface area (Å²) in [6.45, 7) is -0.621. The summed E-state index contributed by atoms with van der Waals surface area (Å²) in [7, 11) is -3.03. The number of nitrogens with zero attached hydrogens (tertiary/aromatic N) is 2. The van der Waals surface area contributed by atoms with Gasteiger partial charge in [-0.05, 0) is 60.0 Å². The van der Waals surface area contributed by atoms with Gasteiger partial charge in [-0.25, -0.2) is 17.2 Å². The molecule has 43 heavy (non-hydrogen) atoms. The number of amides is 1. The minimum absolute atomic E-state index is 0.0238. The van der Waals surface area contributed by atoms with Crippen molar-refractivity contribution in [3.05, 3.63) is 129 Å². The molecular weight excluding hydrogens is 600 g/mol. The molecule has 222 valence electrons. The van der Waals surface area contributed by atoms with E-state index < -0.39 is 44.7 Å². The van der Waals surface area contributed by atoms with Crippen LogP contribution in [-0.4, -0.2) is 37.4 Å². The van der Waals surface area contributed by atoms with Crippen LogP contribution in [0.1, 0.15) is 33.1 Å². The zero-order chi connectivity index (χ0) is 30.7. The van der Waals surface area contributed by atoms with Gasteiger partial charge in [0.1, 0.15) is 18.4 Å². The van der Waals surface area contributed by atoms with Crippen LogP contribution < -0.4 is 5.32 Å². The van der Waals surface area contributed by atoms with Gasteiger partial charge in [0.15, 0.2) is 0 Å². The molecule has 1 amide bonds. The summed E-state index contributed by atoms with van der Waals surface area (Å²) < 4.78 is 64.4. The Bertz CT molecular complexity index is 1780. The van der Waals surface area contributed by atoms with Crippen molar-refractivity contribution in [1.82, 2.24) is 9.62 Å². The van der Waals surface area contributed by atoms with Gasteiger partial charge < -0.3 is 10.1 Å². The van der Waals surface area contributed by atoms with Gasteiger partial charge in [-0.2, -0.15) is 4.31 Å². The fourth-order valence-corrected chi connectivity index (χ4v) is 7.57. The van der Waals surface area contributed by atoms with Crippen molar-refractivity contribution < 1.29 is 31.7 Å². The number of halogens is 2. The van der Waals surface area contributed by atoms with E-state index >= 15 is 0 Å². The number of ether oxygens (including phenoxy) is 1. The normalized spacial score (nSPS) is 14.5. The van der Waals surface area contributed by atoms with Crippen LogP contribution in [0.2, 0.25) is 0 Å². The second kappa shape index (κ2) is 12.6. The number of fused-ring (bicyclic) bond motifs is 2. The van der Waals surface area contributed by atoms with Crippen molar-refractivity contribution in [2.24, 2.45) is 0 Å². The van der Waals surface area contributed by atoms with Crippen molar-refractivity contribution in [3.63, 3.8) is 0 Å². The summed E-state index contributed by atoms with van der Waals surface area (Å²) in [5.41, 5.74) is 0.945. The standard InChI is InChI=1S/C30H25F2N3O6S2/c1-41-18-33-30(36)20-10-9-19-15-27(23-5-2-3-8-28(23)42-29(19)16-20)34(17-24-25(31)6-4-7-26(24)32)43(39,40)22-13-11-21(12-14-22)35(37)38/h2-14,16,27H,15,17-18H2,1H3,(H,33,36). The molecule has 4 aromatic rings. The third-order valence-corrected chi connectivity index (χ3v) is 10.1. The molecule has 0 aliphatic carbocycles. The van der Waals surface area contributed by atoms with Gasteiger partial charge in [0.05, 0.1) is 15.9 Å². The van der Waals surface area contributed by atoms with Crippen LogP contribution in [0, 0.1) is 21.7 Å². The fourth-order valence-electron chi connectivity index (χ4n) is 4.82. The highest BCUT2D eigenvalue weighted by Gasteiger charge is 2.37. The Morgan fingerprint density at radius 2 is 1.72 bits per heavy atom. The predicted octanol–water partition coefficient (Wildman–Crippen LogP) is 5.85. The molecule has 4 aromatic carbocycles. The van der Waals surface area contributed by atoms with E-state index in [0.717, 1.165) is 40.7 Å². The van der Waals surface area contributed by atoms with Crippen LogP contribution in [0.4, 0.5) is 14.5 Å². The molecule has 5 rings (SSSR count). The Kier molecular flexibility index (Phi) is 8.87. The molecule has 1 atom stereocenters. The van der Waals surface area contributed by atoms with Crippen molar-refractivity contribution in [3.8, 4) is 0 Å². The van der Waals surface area contributed by atoms with Crippen LogP contribution >= 0.6 is 11.8 Å². The molecule has 9 nitrogen and oxygen atoms in total. The van der Waals surface area contributed by atoms with E-state index in [9.17, 15) is 32.1 Å². The predicted molar refractivity (Wildman–Crippen MR) is 155 cm³/mol. The highest BCUT2D eigenvalue weighted by Crippen LogP contribution is 2.45.